The molecule has 1 aromatic carbocycles. The summed E-state index contributed by atoms with van der Waals surface area (Å²) in [5.41, 5.74) is 1.90. The maximum atomic E-state index is 12.3. The Morgan fingerprint density at radius 1 is 1.35 bits per heavy atom. The summed E-state index contributed by atoms with van der Waals surface area (Å²) < 4.78 is 10.9. The molecular weight excluding hydrogens is 334 g/mol. The summed E-state index contributed by atoms with van der Waals surface area (Å²) in [5.74, 6) is 0.794. The molecule has 1 N–H and O–H groups in total. The molecule has 0 spiro atoms. The molecule has 0 fully saturated rings. The average molecular weight is 357 g/mol. The third-order valence-corrected chi connectivity index (χ3v) is 4.49. The summed E-state index contributed by atoms with van der Waals surface area (Å²) in [7, 11) is 0. The SMILES string of the molecule is Cc1ccc2c(c1)N(Cc1nc(C(=O)N[C@@H](C)C(C)C)co1)C(=O)CO2. The monoisotopic (exact) mass is 357 g/mol. The summed E-state index contributed by atoms with van der Waals surface area (Å²) in [4.78, 5) is 30.3. The van der Waals surface area contributed by atoms with Gasteiger partial charge in [0.1, 0.15) is 18.6 Å². The minimum absolute atomic E-state index is 0.0262. The second-order valence-electron chi connectivity index (χ2n) is 6.87. The molecule has 138 valence electrons. The lowest BCUT2D eigenvalue weighted by atomic mass is 10.1. The van der Waals surface area contributed by atoms with Crippen LogP contribution in [0, 0.1) is 12.8 Å². The summed E-state index contributed by atoms with van der Waals surface area (Å²) in [5, 5.41) is 2.88. The van der Waals surface area contributed by atoms with Gasteiger partial charge in [-0.2, -0.15) is 0 Å². The fourth-order valence-corrected chi connectivity index (χ4v) is 2.56. The van der Waals surface area contributed by atoms with Gasteiger partial charge in [0.15, 0.2) is 12.3 Å². The number of oxazole rings is 1. The van der Waals surface area contributed by atoms with E-state index in [4.69, 9.17) is 9.15 Å². The van der Waals surface area contributed by atoms with Crippen molar-refractivity contribution in [1.82, 2.24) is 10.3 Å². The van der Waals surface area contributed by atoms with Crippen molar-refractivity contribution in [1.29, 1.82) is 0 Å². The van der Waals surface area contributed by atoms with Crippen LogP contribution >= 0.6 is 0 Å². The van der Waals surface area contributed by atoms with Gasteiger partial charge in [-0.05, 0) is 37.5 Å². The molecule has 1 aromatic heterocycles. The van der Waals surface area contributed by atoms with Crippen LogP contribution in [0.2, 0.25) is 0 Å². The number of fused-ring (bicyclic) bond motifs is 1. The summed E-state index contributed by atoms with van der Waals surface area (Å²) >= 11 is 0. The lowest BCUT2D eigenvalue weighted by Gasteiger charge is -2.28. The van der Waals surface area contributed by atoms with Crippen molar-refractivity contribution in [2.45, 2.75) is 40.3 Å². The van der Waals surface area contributed by atoms with Gasteiger partial charge >= 0.3 is 0 Å². The van der Waals surface area contributed by atoms with E-state index >= 15 is 0 Å². The van der Waals surface area contributed by atoms with Crippen LogP contribution in [0.1, 0.15) is 42.7 Å². The van der Waals surface area contributed by atoms with Crippen LogP contribution in [0.3, 0.4) is 0 Å². The number of aromatic nitrogens is 1. The Morgan fingerprint density at radius 3 is 2.85 bits per heavy atom. The molecule has 2 heterocycles. The molecular formula is C19H23N3O4. The molecule has 1 atom stereocenters. The summed E-state index contributed by atoms with van der Waals surface area (Å²) in [6, 6.07) is 5.67. The number of nitrogens with zero attached hydrogens (tertiary/aromatic N) is 2. The Morgan fingerprint density at radius 2 is 2.12 bits per heavy atom. The minimum Gasteiger partial charge on any atom is -0.482 e. The molecule has 7 nitrogen and oxygen atoms in total. The predicted molar refractivity (Wildman–Crippen MR) is 96.1 cm³/mol. The van der Waals surface area contributed by atoms with Crippen LogP contribution in [0.4, 0.5) is 5.69 Å². The molecule has 0 saturated carbocycles. The van der Waals surface area contributed by atoms with Gasteiger partial charge in [-0.3, -0.25) is 14.5 Å². The van der Waals surface area contributed by atoms with E-state index in [0.717, 1.165) is 5.56 Å². The number of ether oxygens (including phenoxy) is 1. The van der Waals surface area contributed by atoms with E-state index in [-0.39, 0.29) is 36.7 Å². The van der Waals surface area contributed by atoms with Gasteiger partial charge in [0.05, 0.1) is 5.69 Å². The number of amides is 2. The second kappa shape index (κ2) is 7.19. The van der Waals surface area contributed by atoms with Gasteiger partial charge in [-0.25, -0.2) is 4.98 Å². The highest BCUT2D eigenvalue weighted by molar-refractivity contribution is 5.97. The number of hydrogen-bond donors (Lipinski definition) is 1. The number of hydrogen-bond acceptors (Lipinski definition) is 5. The van der Waals surface area contributed by atoms with Crippen LogP contribution in [-0.2, 0) is 11.3 Å². The molecule has 2 amide bonds. The Bertz CT molecular complexity index is 828. The highest BCUT2D eigenvalue weighted by atomic mass is 16.5. The van der Waals surface area contributed by atoms with Gasteiger partial charge in [0.2, 0.25) is 5.89 Å². The fourth-order valence-electron chi connectivity index (χ4n) is 2.56. The zero-order valence-corrected chi connectivity index (χ0v) is 15.4. The number of carbonyl (C=O) groups is 2. The Kier molecular flexibility index (Phi) is 4.97. The standard InChI is InChI=1S/C19H23N3O4/c1-11(2)13(4)20-19(24)14-9-26-17(21-14)8-22-15-7-12(3)5-6-16(15)25-10-18(22)23/h5-7,9,11,13H,8,10H2,1-4H3,(H,20,24)/t13-/m0/s1. The maximum Gasteiger partial charge on any atom is 0.273 e. The van der Waals surface area contributed by atoms with Gasteiger partial charge in [0, 0.05) is 6.04 Å². The third-order valence-electron chi connectivity index (χ3n) is 4.49. The van der Waals surface area contributed by atoms with E-state index in [1.807, 2.05) is 45.9 Å². The van der Waals surface area contributed by atoms with Gasteiger partial charge in [-0.15, -0.1) is 0 Å². The lowest BCUT2D eigenvalue weighted by molar-refractivity contribution is -0.121. The van der Waals surface area contributed by atoms with Crippen molar-refractivity contribution in [2.75, 3.05) is 11.5 Å². The van der Waals surface area contributed by atoms with Crippen molar-refractivity contribution < 1.29 is 18.7 Å². The first-order chi connectivity index (χ1) is 12.3. The fraction of sp³-hybridized carbons (Fsp3) is 0.421. The molecule has 3 rings (SSSR count). The van der Waals surface area contributed by atoms with Crippen molar-refractivity contribution in [3.8, 4) is 5.75 Å². The van der Waals surface area contributed by atoms with Gasteiger partial charge in [-0.1, -0.05) is 19.9 Å². The zero-order chi connectivity index (χ0) is 18.8. The topological polar surface area (TPSA) is 84.7 Å². The lowest BCUT2D eigenvalue weighted by Crippen LogP contribution is -2.38. The quantitative estimate of drug-likeness (QED) is 0.889. The van der Waals surface area contributed by atoms with E-state index in [2.05, 4.69) is 10.3 Å². The largest absolute Gasteiger partial charge is 0.482 e. The molecule has 26 heavy (non-hydrogen) atoms. The molecule has 0 radical (unpaired) electrons. The summed E-state index contributed by atoms with van der Waals surface area (Å²) in [6.07, 6.45) is 1.32. The minimum atomic E-state index is -0.286. The van der Waals surface area contributed by atoms with Crippen LogP contribution in [-0.4, -0.2) is 29.4 Å². The third kappa shape index (κ3) is 3.71. The van der Waals surface area contributed by atoms with Crippen molar-refractivity contribution in [3.05, 3.63) is 41.6 Å². The molecule has 0 saturated heterocycles. The molecule has 1 aliphatic rings. The average Bonchev–Trinajstić information content (AvgIpc) is 3.06. The van der Waals surface area contributed by atoms with Crippen LogP contribution in [0.5, 0.6) is 5.75 Å². The maximum absolute atomic E-state index is 12.3. The molecule has 7 heteroatoms. The van der Waals surface area contributed by atoms with E-state index in [1.165, 1.54) is 6.26 Å². The second-order valence-corrected chi connectivity index (χ2v) is 6.87. The Balaban J connectivity index is 1.76. The zero-order valence-electron chi connectivity index (χ0n) is 15.4. The predicted octanol–water partition coefficient (Wildman–Crippen LogP) is 2.68. The number of carbonyl (C=O) groups excluding carboxylic acids is 2. The first-order valence-electron chi connectivity index (χ1n) is 8.64. The van der Waals surface area contributed by atoms with Crippen LogP contribution in [0.25, 0.3) is 0 Å². The first kappa shape index (κ1) is 18.0. The first-order valence-corrected chi connectivity index (χ1v) is 8.64. The smallest absolute Gasteiger partial charge is 0.273 e. The van der Waals surface area contributed by atoms with E-state index in [0.29, 0.717) is 23.2 Å². The normalized spacial score (nSPS) is 14.8. The number of aryl methyl sites for hydroxylation is 1. The summed E-state index contributed by atoms with van der Waals surface area (Å²) in [6.45, 7) is 8.06. The van der Waals surface area contributed by atoms with Crippen molar-refractivity contribution >= 4 is 17.5 Å². The van der Waals surface area contributed by atoms with Crippen molar-refractivity contribution in [3.63, 3.8) is 0 Å². The molecule has 0 aliphatic carbocycles. The van der Waals surface area contributed by atoms with E-state index in [9.17, 15) is 9.59 Å². The highest BCUT2D eigenvalue weighted by Gasteiger charge is 2.27. The van der Waals surface area contributed by atoms with Crippen LogP contribution in [0.15, 0.2) is 28.9 Å². The number of anilines is 1. The number of benzene rings is 1. The van der Waals surface area contributed by atoms with E-state index in [1.54, 1.807) is 4.90 Å². The Labute approximate surface area is 152 Å². The molecule has 0 unspecified atom stereocenters. The van der Waals surface area contributed by atoms with Gasteiger partial charge < -0.3 is 14.5 Å². The molecule has 1 aliphatic heterocycles. The van der Waals surface area contributed by atoms with Crippen LogP contribution < -0.4 is 15.0 Å². The van der Waals surface area contributed by atoms with E-state index < -0.39 is 0 Å². The molecule has 0 bridgehead atoms. The van der Waals surface area contributed by atoms with Crippen molar-refractivity contribution in [2.24, 2.45) is 5.92 Å². The highest BCUT2D eigenvalue weighted by Crippen LogP contribution is 2.33. The number of rotatable bonds is 5. The van der Waals surface area contributed by atoms with Gasteiger partial charge in [0.25, 0.3) is 11.8 Å². The Hall–Kier alpha value is -2.83. The molecule has 2 aromatic rings. The number of nitrogens with one attached hydrogen (secondary N) is 1.